The minimum atomic E-state index is -0.340. The van der Waals surface area contributed by atoms with Gasteiger partial charge in [0.15, 0.2) is 17.1 Å². The van der Waals surface area contributed by atoms with Crippen LogP contribution in [0.4, 0.5) is 16.2 Å². The number of amides is 2. The molecular formula is C21H16N6O2. The van der Waals surface area contributed by atoms with Crippen LogP contribution in [0.5, 0.6) is 0 Å². The van der Waals surface area contributed by atoms with Crippen LogP contribution in [-0.4, -0.2) is 26.0 Å². The highest BCUT2D eigenvalue weighted by Gasteiger charge is 2.09. The first-order valence-corrected chi connectivity index (χ1v) is 8.99. The van der Waals surface area contributed by atoms with Crippen LogP contribution in [0.1, 0.15) is 5.89 Å². The molecule has 0 unspecified atom stereocenters. The van der Waals surface area contributed by atoms with Gasteiger partial charge in [0.1, 0.15) is 5.52 Å². The monoisotopic (exact) mass is 384 g/mol. The molecule has 8 heteroatoms. The molecule has 0 radical (unpaired) electrons. The molecule has 0 spiro atoms. The summed E-state index contributed by atoms with van der Waals surface area (Å²) in [4.78, 5) is 28.1. The highest BCUT2D eigenvalue weighted by molar-refractivity contribution is 6.01. The number of aromatic amines is 1. The quantitative estimate of drug-likeness (QED) is 0.417. The van der Waals surface area contributed by atoms with E-state index in [2.05, 4.69) is 30.6 Å². The fourth-order valence-corrected chi connectivity index (χ4v) is 3.23. The molecule has 3 heterocycles. The number of carbonyl (C=O) groups is 1. The SMILES string of the molecule is Cc1nc2ccc(NC(=O)Nc3ccc(-c4ccnc5nc[nH]c45)cc3)cc2o1. The number of hydrogen-bond acceptors (Lipinski definition) is 5. The first-order valence-electron chi connectivity index (χ1n) is 8.99. The second-order valence-corrected chi connectivity index (χ2v) is 6.53. The number of imidazole rings is 1. The van der Waals surface area contributed by atoms with Crippen molar-refractivity contribution in [1.82, 2.24) is 19.9 Å². The number of rotatable bonds is 3. The van der Waals surface area contributed by atoms with E-state index in [9.17, 15) is 4.79 Å². The Bertz CT molecular complexity index is 1340. The molecule has 29 heavy (non-hydrogen) atoms. The normalized spacial score (nSPS) is 11.1. The van der Waals surface area contributed by atoms with E-state index in [1.165, 1.54) is 0 Å². The molecule has 0 atom stereocenters. The number of H-pyrrole nitrogens is 1. The molecule has 0 bridgehead atoms. The Hall–Kier alpha value is -4.20. The minimum absolute atomic E-state index is 0.340. The maximum absolute atomic E-state index is 12.3. The molecule has 0 saturated heterocycles. The van der Waals surface area contributed by atoms with Crippen LogP contribution in [0.25, 0.3) is 33.4 Å². The predicted octanol–water partition coefficient (Wildman–Crippen LogP) is 4.72. The molecule has 5 aromatic rings. The van der Waals surface area contributed by atoms with E-state index < -0.39 is 0 Å². The number of aryl methyl sites for hydroxylation is 1. The maximum Gasteiger partial charge on any atom is 0.323 e. The smallest absolute Gasteiger partial charge is 0.323 e. The van der Waals surface area contributed by atoms with Crippen LogP contribution in [0.3, 0.4) is 0 Å². The lowest BCUT2D eigenvalue weighted by atomic mass is 10.1. The summed E-state index contributed by atoms with van der Waals surface area (Å²) in [6, 6.07) is 14.5. The lowest BCUT2D eigenvalue weighted by Crippen LogP contribution is -2.19. The Morgan fingerprint density at radius 2 is 1.79 bits per heavy atom. The second kappa shape index (κ2) is 6.75. The number of nitrogens with zero attached hydrogens (tertiary/aromatic N) is 3. The molecule has 0 saturated carbocycles. The van der Waals surface area contributed by atoms with Gasteiger partial charge in [-0.2, -0.15) is 0 Å². The third-order valence-electron chi connectivity index (χ3n) is 4.53. The molecule has 5 rings (SSSR count). The predicted molar refractivity (Wildman–Crippen MR) is 111 cm³/mol. The number of carbonyl (C=O) groups excluding carboxylic acids is 1. The minimum Gasteiger partial charge on any atom is -0.441 e. The largest absolute Gasteiger partial charge is 0.441 e. The zero-order chi connectivity index (χ0) is 19.8. The van der Waals surface area contributed by atoms with Crippen molar-refractivity contribution < 1.29 is 9.21 Å². The molecule has 0 aliphatic carbocycles. The summed E-state index contributed by atoms with van der Waals surface area (Å²) in [5.41, 5.74) is 6.24. The van der Waals surface area contributed by atoms with E-state index in [-0.39, 0.29) is 6.03 Å². The zero-order valence-electron chi connectivity index (χ0n) is 15.4. The van der Waals surface area contributed by atoms with Gasteiger partial charge in [0, 0.05) is 36.1 Å². The molecule has 2 aromatic carbocycles. The molecular weight excluding hydrogens is 368 g/mol. The molecule has 0 fully saturated rings. The Morgan fingerprint density at radius 1 is 1.00 bits per heavy atom. The third-order valence-corrected chi connectivity index (χ3v) is 4.53. The van der Waals surface area contributed by atoms with Crippen molar-refractivity contribution in [2.24, 2.45) is 0 Å². The summed E-state index contributed by atoms with van der Waals surface area (Å²) in [5.74, 6) is 0.586. The van der Waals surface area contributed by atoms with Crippen molar-refractivity contribution in [2.75, 3.05) is 10.6 Å². The first kappa shape index (κ1) is 16.9. The van der Waals surface area contributed by atoms with Gasteiger partial charge in [-0.3, -0.25) is 0 Å². The van der Waals surface area contributed by atoms with Gasteiger partial charge < -0.3 is 20.0 Å². The molecule has 8 nitrogen and oxygen atoms in total. The summed E-state index contributed by atoms with van der Waals surface area (Å²) in [7, 11) is 0. The van der Waals surface area contributed by atoms with Crippen LogP contribution < -0.4 is 10.6 Å². The molecule has 3 N–H and O–H groups in total. The molecule has 0 aliphatic heterocycles. The van der Waals surface area contributed by atoms with Crippen molar-refractivity contribution in [3.8, 4) is 11.1 Å². The van der Waals surface area contributed by atoms with Gasteiger partial charge >= 0.3 is 6.03 Å². The summed E-state index contributed by atoms with van der Waals surface area (Å²) < 4.78 is 5.49. The fourth-order valence-electron chi connectivity index (χ4n) is 3.23. The van der Waals surface area contributed by atoms with Crippen LogP contribution in [0, 0.1) is 6.92 Å². The van der Waals surface area contributed by atoms with Crippen LogP contribution in [0.2, 0.25) is 0 Å². The number of hydrogen-bond donors (Lipinski definition) is 3. The second-order valence-electron chi connectivity index (χ2n) is 6.53. The van der Waals surface area contributed by atoms with Crippen molar-refractivity contribution >= 4 is 39.7 Å². The number of urea groups is 1. The Morgan fingerprint density at radius 3 is 2.66 bits per heavy atom. The van der Waals surface area contributed by atoms with Crippen molar-refractivity contribution in [2.45, 2.75) is 6.92 Å². The lowest BCUT2D eigenvalue weighted by molar-refractivity contribution is 0.262. The summed E-state index contributed by atoms with van der Waals surface area (Å²) in [6.07, 6.45) is 3.35. The van der Waals surface area contributed by atoms with Gasteiger partial charge in [-0.1, -0.05) is 12.1 Å². The van der Waals surface area contributed by atoms with Crippen LogP contribution >= 0.6 is 0 Å². The van der Waals surface area contributed by atoms with Crippen molar-refractivity contribution in [3.05, 3.63) is 66.9 Å². The van der Waals surface area contributed by atoms with E-state index in [4.69, 9.17) is 4.42 Å². The van der Waals surface area contributed by atoms with Gasteiger partial charge in [0.05, 0.1) is 11.8 Å². The van der Waals surface area contributed by atoms with Gasteiger partial charge in [-0.05, 0) is 35.9 Å². The standard InChI is InChI=1S/C21H16N6O2/c1-12-25-17-7-6-15(10-18(17)29-12)27-21(28)26-14-4-2-13(3-5-14)16-8-9-22-20-19(16)23-11-24-20/h2-11H,1H3,(H,22,23,24)(H2,26,27,28). The summed E-state index contributed by atoms with van der Waals surface area (Å²) in [5, 5.41) is 5.63. The number of benzene rings is 2. The Kier molecular flexibility index (Phi) is 3.94. The van der Waals surface area contributed by atoms with E-state index in [1.54, 1.807) is 37.6 Å². The number of aromatic nitrogens is 4. The van der Waals surface area contributed by atoms with Crippen LogP contribution in [-0.2, 0) is 0 Å². The summed E-state index contributed by atoms with van der Waals surface area (Å²) >= 11 is 0. The number of anilines is 2. The van der Waals surface area contributed by atoms with E-state index in [0.717, 1.165) is 22.2 Å². The third kappa shape index (κ3) is 3.27. The van der Waals surface area contributed by atoms with E-state index in [1.807, 2.05) is 30.3 Å². The number of nitrogens with one attached hydrogen (secondary N) is 3. The van der Waals surface area contributed by atoms with E-state index in [0.29, 0.717) is 28.5 Å². The zero-order valence-corrected chi connectivity index (χ0v) is 15.4. The number of oxazole rings is 1. The first-order chi connectivity index (χ1) is 14.2. The van der Waals surface area contributed by atoms with Gasteiger partial charge in [-0.25, -0.2) is 19.7 Å². The van der Waals surface area contributed by atoms with Crippen molar-refractivity contribution in [3.63, 3.8) is 0 Å². The summed E-state index contributed by atoms with van der Waals surface area (Å²) in [6.45, 7) is 1.78. The topological polar surface area (TPSA) is 109 Å². The molecule has 3 aromatic heterocycles. The highest BCUT2D eigenvalue weighted by Crippen LogP contribution is 2.26. The van der Waals surface area contributed by atoms with Crippen LogP contribution in [0.15, 0.2) is 65.5 Å². The lowest BCUT2D eigenvalue weighted by Gasteiger charge is -2.09. The molecule has 142 valence electrons. The van der Waals surface area contributed by atoms with Gasteiger partial charge in [-0.15, -0.1) is 0 Å². The Balaban J connectivity index is 1.31. The molecule has 2 amide bonds. The Labute approximate surface area is 165 Å². The van der Waals surface area contributed by atoms with Gasteiger partial charge in [0.2, 0.25) is 0 Å². The van der Waals surface area contributed by atoms with Gasteiger partial charge in [0.25, 0.3) is 0 Å². The maximum atomic E-state index is 12.3. The average Bonchev–Trinajstić information content (AvgIpc) is 3.33. The highest BCUT2D eigenvalue weighted by atomic mass is 16.3. The number of fused-ring (bicyclic) bond motifs is 2. The van der Waals surface area contributed by atoms with Crippen molar-refractivity contribution in [1.29, 1.82) is 0 Å². The fraction of sp³-hybridized carbons (Fsp3) is 0.0476. The molecule has 0 aliphatic rings. The number of pyridine rings is 1. The van der Waals surface area contributed by atoms with E-state index >= 15 is 0 Å². The average molecular weight is 384 g/mol.